The van der Waals surface area contributed by atoms with E-state index < -0.39 is 0 Å². The summed E-state index contributed by atoms with van der Waals surface area (Å²) < 4.78 is 4.98. The Morgan fingerprint density at radius 2 is 2.37 bits per heavy atom. The minimum absolute atomic E-state index is 0.0764. The van der Waals surface area contributed by atoms with Gasteiger partial charge in [-0.3, -0.25) is 4.79 Å². The first kappa shape index (κ1) is 14.0. The molecule has 1 aliphatic rings. The highest BCUT2D eigenvalue weighted by atomic mass is 16.5. The molecule has 0 spiro atoms. The third kappa shape index (κ3) is 3.33. The van der Waals surface area contributed by atoms with Gasteiger partial charge in [0, 0.05) is 33.4 Å². The minimum Gasteiger partial charge on any atom is -0.385 e. The molecule has 1 aliphatic heterocycles. The Balaban J connectivity index is 2.04. The monoisotopic (exact) mass is 262 g/mol. The molecule has 0 aromatic heterocycles. The van der Waals surface area contributed by atoms with E-state index in [2.05, 4.69) is 35.8 Å². The fraction of sp³-hybridized carbons (Fsp3) is 0.533. The average molecular weight is 262 g/mol. The van der Waals surface area contributed by atoms with Crippen molar-refractivity contribution in [3.63, 3.8) is 0 Å². The van der Waals surface area contributed by atoms with Gasteiger partial charge >= 0.3 is 0 Å². The first-order chi connectivity index (χ1) is 9.24. The number of aryl methyl sites for hydroxylation is 1. The highest BCUT2D eigenvalue weighted by Crippen LogP contribution is 2.27. The Bertz CT molecular complexity index is 446. The van der Waals surface area contributed by atoms with Crippen LogP contribution < -0.4 is 10.6 Å². The third-order valence-corrected chi connectivity index (χ3v) is 3.57. The molecule has 0 radical (unpaired) electrons. The minimum atomic E-state index is -0.0764. The SMILES string of the molecule is COCCCNC(=O)C1CNCc2cccc(C)c21. The van der Waals surface area contributed by atoms with E-state index in [9.17, 15) is 4.79 Å². The van der Waals surface area contributed by atoms with Gasteiger partial charge in [0.1, 0.15) is 0 Å². The summed E-state index contributed by atoms with van der Waals surface area (Å²) in [4.78, 5) is 12.3. The summed E-state index contributed by atoms with van der Waals surface area (Å²) in [6, 6.07) is 6.23. The molecular formula is C15H22N2O2. The maximum absolute atomic E-state index is 12.3. The maximum atomic E-state index is 12.3. The summed E-state index contributed by atoms with van der Waals surface area (Å²) >= 11 is 0. The zero-order chi connectivity index (χ0) is 13.7. The number of ether oxygens (including phenoxy) is 1. The first-order valence-corrected chi connectivity index (χ1v) is 6.79. The van der Waals surface area contributed by atoms with E-state index in [1.807, 2.05) is 0 Å². The molecule has 4 nitrogen and oxygen atoms in total. The number of carbonyl (C=O) groups excluding carboxylic acids is 1. The van der Waals surface area contributed by atoms with Crippen molar-refractivity contribution >= 4 is 5.91 Å². The van der Waals surface area contributed by atoms with Gasteiger partial charge in [0.15, 0.2) is 0 Å². The van der Waals surface area contributed by atoms with E-state index in [4.69, 9.17) is 4.74 Å². The van der Waals surface area contributed by atoms with Crippen LogP contribution in [0.5, 0.6) is 0 Å². The quantitative estimate of drug-likeness (QED) is 0.787. The molecule has 0 saturated heterocycles. The van der Waals surface area contributed by atoms with E-state index >= 15 is 0 Å². The second-order valence-electron chi connectivity index (χ2n) is 4.97. The van der Waals surface area contributed by atoms with Gasteiger partial charge in [-0.25, -0.2) is 0 Å². The first-order valence-electron chi connectivity index (χ1n) is 6.79. The molecule has 1 aromatic rings. The van der Waals surface area contributed by atoms with E-state index in [0.29, 0.717) is 19.7 Å². The van der Waals surface area contributed by atoms with Crippen LogP contribution in [0.25, 0.3) is 0 Å². The Labute approximate surface area is 114 Å². The van der Waals surface area contributed by atoms with Crippen LogP contribution in [-0.4, -0.2) is 32.7 Å². The van der Waals surface area contributed by atoms with Crippen molar-refractivity contribution in [3.8, 4) is 0 Å². The molecule has 19 heavy (non-hydrogen) atoms. The van der Waals surface area contributed by atoms with E-state index in [1.165, 1.54) is 16.7 Å². The van der Waals surface area contributed by atoms with E-state index in [1.54, 1.807) is 7.11 Å². The molecule has 1 unspecified atom stereocenters. The number of carbonyl (C=O) groups is 1. The molecule has 1 amide bonds. The number of rotatable bonds is 5. The van der Waals surface area contributed by atoms with Crippen molar-refractivity contribution in [2.45, 2.75) is 25.8 Å². The second kappa shape index (κ2) is 6.68. The standard InChI is InChI=1S/C15H22N2O2/c1-11-5-3-6-12-9-16-10-13(14(11)12)15(18)17-7-4-8-19-2/h3,5-6,13,16H,4,7-10H2,1-2H3,(H,17,18). The highest BCUT2D eigenvalue weighted by Gasteiger charge is 2.27. The Morgan fingerprint density at radius 3 is 3.16 bits per heavy atom. The third-order valence-electron chi connectivity index (χ3n) is 3.57. The maximum Gasteiger partial charge on any atom is 0.228 e. The predicted octanol–water partition coefficient (Wildman–Crippen LogP) is 1.33. The largest absolute Gasteiger partial charge is 0.385 e. The van der Waals surface area contributed by atoms with Gasteiger partial charge in [0.05, 0.1) is 5.92 Å². The van der Waals surface area contributed by atoms with Crippen LogP contribution >= 0.6 is 0 Å². The van der Waals surface area contributed by atoms with Crippen molar-refractivity contribution in [1.29, 1.82) is 0 Å². The van der Waals surface area contributed by atoms with Gasteiger partial charge in [-0.2, -0.15) is 0 Å². The van der Waals surface area contributed by atoms with Crippen molar-refractivity contribution in [2.24, 2.45) is 0 Å². The van der Waals surface area contributed by atoms with E-state index in [-0.39, 0.29) is 11.8 Å². The fourth-order valence-electron chi connectivity index (χ4n) is 2.62. The van der Waals surface area contributed by atoms with E-state index in [0.717, 1.165) is 13.0 Å². The molecule has 0 bridgehead atoms. The van der Waals surface area contributed by atoms with Gasteiger partial charge in [-0.1, -0.05) is 18.2 Å². The summed E-state index contributed by atoms with van der Waals surface area (Å²) in [6.45, 7) is 5.00. The molecule has 4 heteroatoms. The molecule has 0 fully saturated rings. The molecular weight excluding hydrogens is 240 g/mol. The number of benzene rings is 1. The van der Waals surface area contributed by atoms with Gasteiger partial charge in [0.2, 0.25) is 5.91 Å². The van der Waals surface area contributed by atoms with Crippen LogP contribution in [0.2, 0.25) is 0 Å². The lowest BCUT2D eigenvalue weighted by molar-refractivity contribution is -0.122. The molecule has 0 saturated carbocycles. The summed E-state index contributed by atoms with van der Waals surface area (Å²) in [5.41, 5.74) is 3.64. The van der Waals surface area contributed by atoms with Crippen LogP contribution in [0.1, 0.15) is 29.0 Å². The van der Waals surface area contributed by atoms with Crippen LogP contribution in [-0.2, 0) is 16.1 Å². The lowest BCUT2D eigenvalue weighted by Crippen LogP contribution is -2.39. The number of hydrogen-bond donors (Lipinski definition) is 2. The van der Waals surface area contributed by atoms with Crippen LogP contribution in [0, 0.1) is 6.92 Å². The van der Waals surface area contributed by atoms with Crippen LogP contribution in [0.4, 0.5) is 0 Å². The molecule has 2 rings (SSSR count). The van der Waals surface area contributed by atoms with Gasteiger partial charge in [-0.05, 0) is 30.0 Å². The van der Waals surface area contributed by atoms with Crippen molar-refractivity contribution in [1.82, 2.24) is 10.6 Å². The predicted molar refractivity (Wildman–Crippen MR) is 75.1 cm³/mol. The lowest BCUT2D eigenvalue weighted by Gasteiger charge is -2.27. The average Bonchev–Trinajstić information content (AvgIpc) is 2.43. The lowest BCUT2D eigenvalue weighted by atomic mass is 9.87. The van der Waals surface area contributed by atoms with Gasteiger partial charge in [0.25, 0.3) is 0 Å². The highest BCUT2D eigenvalue weighted by molar-refractivity contribution is 5.85. The molecule has 1 aromatic carbocycles. The number of nitrogens with one attached hydrogen (secondary N) is 2. The van der Waals surface area contributed by atoms with Crippen LogP contribution in [0.15, 0.2) is 18.2 Å². The summed E-state index contributed by atoms with van der Waals surface area (Å²) in [5, 5.41) is 6.31. The van der Waals surface area contributed by atoms with Crippen molar-refractivity contribution in [2.75, 3.05) is 26.8 Å². The van der Waals surface area contributed by atoms with Crippen molar-refractivity contribution in [3.05, 3.63) is 34.9 Å². The van der Waals surface area contributed by atoms with Crippen molar-refractivity contribution < 1.29 is 9.53 Å². The number of amides is 1. The molecule has 104 valence electrons. The molecule has 1 atom stereocenters. The molecule has 1 heterocycles. The zero-order valence-corrected chi connectivity index (χ0v) is 11.7. The summed E-state index contributed by atoms with van der Waals surface area (Å²) in [6.07, 6.45) is 0.850. The number of fused-ring (bicyclic) bond motifs is 1. The smallest absolute Gasteiger partial charge is 0.228 e. The number of hydrogen-bond acceptors (Lipinski definition) is 3. The van der Waals surface area contributed by atoms with Crippen LogP contribution in [0.3, 0.4) is 0 Å². The normalized spacial score (nSPS) is 17.9. The summed E-state index contributed by atoms with van der Waals surface area (Å²) in [5.74, 6) is 0.0337. The van der Waals surface area contributed by atoms with Gasteiger partial charge in [-0.15, -0.1) is 0 Å². The molecule has 2 N–H and O–H groups in total. The Morgan fingerprint density at radius 1 is 1.53 bits per heavy atom. The van der Waals surface area contributed by atoms with Gasteiger partial charge < -0.3 is 15.4 Å². The zero-order valence-electron chi connectivity index (χ0n) is 11.7. The second-order valence-corrected chi connectivity index (χ2v) is 4.97. The topological polar surface area (TPSA) is 50.4 Å². The Hall–Kier alpha value is -1.39. The molecule has 0 aliphatic carbocycles. The summed E-state index contributed by atoms with van der Waals surface area (Å²) in [7, 11) is 1.67. The fourth-order valence-corrected chi connectivity index (χ4v) is 2.62. The number of methoxy groups -OCH3 is 1. The Kier molecular flexibility index (Phi) is 4.93.